The van der Waals surface area contributed by atoms with Crippen LogP contribution in [0.5, 0.6) is 5.75 Å². The maximum atomic E-state index is 12.6. The minimum atomic E-state index is -0.361. The van der Waals surface area contributed by atoms with E-state index in [-0.39, 0.29) is 5.91 Å². The molecule has 162 valence electrons. The van der Waals surface area contributed by atoms with Crippen LogP contribution in [0.4, 0.5) is 0 Å². The molecule has 6 nitrogen and oxygen atoms in total. The Morgan fingerprint density at radius 3 is 2.30 bits per heavy atom. The molecule has 0 aliphatic heterocycles. The highest BCUT2D eigenvalue weighted by molar-refractivity contribution is 6.13. The van der Waals surface area contributed by atoms with Crippen LogP contribution >= 0.6 is 0 Å². The Kier molecular flexibility index (Phi) is 5.55. The van der Waals surface area contributed by atoms with E-state index < -0.39 is 0 Å². The number of rotatable bonds is 6. The highest BCUT2D eigenvalue weighted by Crippen LogP contribution is 2.27. The van der Waals surface area contributed by atoms with Crippen LogP contribution in [0.15, 0.2) is 90.0 Å². The molecule has 5 rings (SSSR count). The van der Waals surface area contributed by atoms with Crippen LogP contribution in [0.3, 0.4) is 0 Å². The first-order chi connectivity index (χ1) is 16.2. The molecule has 0 bridgehead atoms. The van der Waals surface area contributed by atoms with Gasteiger partial charge in [0.1, 0.15) is 11.4 Å². The summed E-state index contributed by atoms with van der Waals surface area (Å²) in [6.45, 7) is 2.55. The van der Waals surface area contributed by atoms with E-state index in [1.54, 1.807) is 12.3 Å². The fourth-order valence-corrected chi connectivity index (χ4v) is 3.88. The van der Waals surface area contributed by atoms with Crippen LogP contribution in [0, 0.1) is 0 Å². The Hall–Kier alpha value is -4.45. The van der Waals surface area contributed by atoms with Gasteiger partial charge in [-0.1, -0.05) is 48.5 Å². The number of H-pyrrole nitrogens is 1. The summed E-state index contributed by atoms with van der Waals surface area (Å²) in [7, 11) is 0. The quantitative estimate of drug-likeness (QED) is 0.209. The molecule has 4 aromatic carbocycles. The molecule has 0 saturated heterocycles. The Labute approximate surface area is 190 Å². The van der Waals surface area contributed by atoms with Gasteiger partial charge in [-0.3, -0.25) is 9.89 Å². The van der Waals surface area contributed by atoms with E-state index in [1.165, 1.54) is 0 Å². The van der Waals surface area contributed by atoms with E-state index in [9.17, 15) is 4.79 Å². The minimum absolute atomic E-state index is 0.332. The maximum absolute atomic E-state index is 12.6. The van der Waals surface area contributed by atoms with E-state index >= 15 is 0 Å². The third-order valence-corrected chi connectivity index (χ3v) is 5.46. The molecular formula is C27H22N4O2. The van der Waals surface area contributed by atoms with Gasteiger partial charge in [0.2, 0.25) is 0 Å². The van der Waals surface area contributed by atoms with Crippen LogP contribution in [0.25, 0.3) is 32.8 Å². The number of aromatic amines is 1. The van der Waals surface area contributed by atoms with E-state index in [0.29, 0.717) is 18.0 Å². The maximum Gasteiger partial charge on any atom is 0.289 e. The average Bonchev–Trinajstić information content (AvgIpc) is 3.35. The second-order valence-corrected chi connectivity index (χ2v) is 7.56. The molecule has 0 saturated carbocycles. The third kappa shape index (κ3) is 4.19. The summed E-state index contributed by atoms with van der Waals surface area (Å²) >= 11 is 0. The van der Waals surface area contributed by atoms with Gasteiger partial charge in [0.05, 0.1) is 18.5 Å². The number of fused-ring (bicyclic) bond motifs is 2. The van der Waals surface area contributed by atoms with Gasteiger partial charge in [-0.2, -0.15) is 10.2 Å². The largest absolute Gasteiger partial charge is 0.494 e. The van der Waals surface area contributed by atoms with Crippen LogP contribution < -0.4 is 10.2 Å². The van der Waals surface area contributed by atoms with Crippen LogP contribution in [0.2, 0.25) is 0 Å². The number of benzene rings is 4. The van der Waals surface area contributed by atoms with E-state index in [4.69, 9.17) is 4.74 Å². The summed E-state index contributed by atoms with van der Waals surface area (Å²) in [6, 6.07) is 27.7. The predicted molar refractivity (Wildman–Crippen MR) is 132 cm³/mol. The molecule has 33 heavy (non-hydrogen) atoms. The van der Waals surface area contributed by atoms with Gasteiger partial charge in [-0.15, -0.1) is 0 Å². The molecule has 1 amide bonds. The average molecular weight is 434 g/mol. The molecule has 6 heteroatoms. The molecule has 2 N–H and O–H groups in total. The minimum Gasteiger partial charge on any atom is -0.494 e. The highest BCUT2D eigenvalue weighted by atomic mass is 16.5. The summed E-state index contributed by atoms with van der Waals surface area (Å²) in [5.74, 6) is 0.436. The van der Waals surface area contributed by atoms with Crippen molar-refractivity contribution in [2.75, 3.05) is 6.61 Å². The number of ether oxygens (including phenoxy) is 1. The smallest absolute Gasteiger partial charge is 0.289 e. The predicted octanol–water partition coefficient (Wildman–Crippen LogP) is 5.55. The van der Waals surface area contributed by atoms with Crippen LogP contribution in [-0.4, -0.2) is 28.9 Å². The number of nitrogens with zero attached hydrogens (tertiary/aromatic N) is 2. The number of amides is 1. The molecule has 0 fully saturated rings. The zero-order chi connectivity index (χ0) is 22.6. The SMILES string of the molecule is CCOc1ccc(-c2cc(C(=O)NN=Cc3c4ccccc4cc4ccccc34)[nH]n2)cc1. The molecular weight excluding hydrogens is 412 g/mol. The monoisotopic (exact) mass is 434 g/mol. The standard InChI is InChI=1S/C27H22N4O2/c1-2-33-21-13-11-18(12-14-21)25-16-26(30-29-25)27(32)31-28-17-24-22-9-5-3-7-19(22)15-20-8-4-6-10-23(20)24/h3-17H,2H2,1H3,(H,29,30)(H,31,32). The molecule has 1 heterocycles. The van der Waals surface area contributed by atoms with E-state index in [2.05, 4.69) is 51.1 Å². The molecule has 0 aliphatic rings. The fraction of sp³-hybridized carbons (Fsp3) is 0.0741. The van der Waals surface area contributed by atoms with Crippen molar-refractivity contribution in [1.82, 2.24) is 15.6 Å². The van der Waals surface area contributed by atoms with E-state index in [0.717, 1.165) is 38.4 Å². The topological polar surface area (TPSA) is 79.4 Å². The van der Waals surface area contributed by atoms with Gasteiger partial charge in [-0.05, 0) is 64.9 Å². The van der Waals surface area contributed by atoms with Gasteiger partial charge in [-0.25, -0.2) is 5.43 Å². The molecule has 5 aromatic rings. The number of hydrogen-bond acceptors (Lipinski definition) is 4. The van der Waals surface area contributed by atoms with Crippen molar-refractivity contribution in [2.24, 2.45) is 5.10 Å². The van der Waals surface area contributed by atoms with Crippen molar-refractivity contribution in [2.45, 2.75) is 6.92 Å². The second kappa shape index (κ2) is 8.96. The Morgan fingerprint density at radius 2 is 1.64 bits per heavy atom. The highest BCUT2D eigenvalue weighted by Gasteiger charge is 2.11. The summed E-state index contributed by atoms with van der Waals surface area (Å²) < 4.78 is 5.47. The van der Waals surface area contributed by atoms with Crippen LogP contribution in [0.1, 0.15) is 23.0 Å². The molecule has 0 atom stereocenters. The lowest BCUT2D eigenvalue weighted by molar-refractivity contribution is 0.0950. The third-order valence-electron chi connectivity index (χ3n) is 5.46. The van der Waals surface area contributed by atoms with Crippen LogP contribution in [-0.2, 0) is 0 Å². The lowest BCUT2D eigenvalue weighted by Crippen LogP contribution is -2.18. The normalized spacial score (nSPS) is 11.3. The zero-order valence-corrected chi connectivity index (χ0v) is 18.1. The van der Waals surface area contributed by atoms with Crippen molar-refractivity contribution in [3.8, 4) is 17.0 Å². The first-order valence-corrected chi connectivity index (χ1v) is 10.8. The van der Waals surface area contributed by atoms with Crippen molar-refractivity contribution in [1.29, 1.82) is 0 Å². The summed E-state index contributed by atoms with van der Waals surface area (Å²) in [5, 5.41) is 15.7. The van der Waals surface area contributed by atoms with Crippen molar-refractivity contribution in [3.63, 3.8) is 0 Å². The Balaban J connectivity index is 1.36. The number of carbonyl (C=O) groups excluding carboxylic acids is 1. The summed E-state index contributed by atoms with van der Waals surface area (Å²) in [5.41, 5.74) is 5.46. The Bertz CT molecular complexity index is 1420. The molecule has 0 unspecified atom stereocenters. The lowest BCUT2D eigenvalue weighted by Gasteiger charge is -2.07. The van der Waals surface area contributed by atoms with E-state index in [1.807, 2.05) is 55.5 Å². The molecule has 0 spiro atoms. The number of hydrogen-bond donors (Lipinski definition) is 2. The van der Waals surface area contributed by atoms with Gasteiger partial charge < -0.3 is 4.74 Å². The van der Waals surface area contributed by atoms with Crippen molar-refractivity contribution < 1.29 is 9.53 Å². The lowest BCUT2D eigenvalue weighted by atomic mass is 9.97. The molecule has 0 aliphatic carbocycles. The Morgan fingerprint density at radius 1 is 0.970 bits per heavy atom. The zero-order valence-electron chi connectivity index (χ0n) is 18.1. The van der Waals surface area contributed by atoms with Gasteiger partial charge in [0.25, 0.3) is 5.91 Å². The van der Waals surface area contributed by atoms with Crippen molar-refractivity contribution >= 4 is 33.7 Å². The summed E-state index contributed by atoms with van der Waals surface area (Å²) in [4.78, 5) is 12.6. The first kappa shape index (κ1) is 20.5. The number of carbonyl (C=O) groups is 1. The molecule has 1 aromatic heterocycles. The number of nitrogens with one attached hydrogen (secondary N) is 2. The summed E-state index contributed by atoms with van der Waals surface area (Å²) in [6.07, 6.45) is 1.70. The second-order valence-electron chi connectivity index (χ2n) is 7.56. The van der Waals surface area contributed by atoms with Gasteiger partial charge >= 0.3 is 0 Å². The fourth-order valence-electron chi connectivity index (χ4n) is 3.88. The van der Waals surface area contributed by atoms with Gasteiger partial charge in [0, 0.05) is 11.1 Å². The van der Waals surface area contributed by atoms with Crippen molar-refractivity contribution in [3.05, 3.63) is 96.2 Å². The molecule has 0 radical (unpaired) electrons. The first-order valence-electron chi connectivity index (χ1n) is 10.8. The van der Waals surface area contributed by atoms with Gasteiger partial charge in [0.15, 0.2) is 0 Å². The number of aromatic nitrogens is 2. The number of hydrazone groups is 1.